The first-order valence-electron chi connectivity index (χ1n) is 7.13. The van der Waals surface area contributed by atoms with Crippen LogP contribution in [0.5, 0.6) is 0 Å². The fraction of sp³-hybridized carbons (Fsp3) is 0.235. The molecule has 0 saturated heterocycles. The first kappa shape index (κ1) is 13.6. The number of hydrogen-bond donors (Lipinski definition) is 1. The fourth-order valence-corrected chi connectivity index (χ4v) is 2.66. The molecule has 3 aromatic rings. The quantitative estimate of drug-likeness (QED) is 0.734. The summed E-state index contributed by atoms with van der Waals surface area (Å²) in [6.07, 6.45) is 0.945. The number of nitrogens with two attached hydrogens (primary N) is 1. The topological polar surface area (TPSA) is 43.8 Å². The average molecular weight is 283 g/mol. The zero-order valence-corrected chi connectivity index (χ0v) is 12.2. The molecule has 4 heteroatoms. The van der Waals surface area contributed by atoms with Crippen LogP contribution < -0.4 is 5.73 Å². The molecule has 0 atom stereocenters. The van der Waals surface area contributed by atoms with Gasteiger partial charge in [-0.1, -0.05) is 19.1 Å². The number of nitrogen functional groups attached to an aromatic ring is 1. The molecule has 1 aromatic heterocycles. The Morgan fingerprint density at radius 3 is 2.76 bits per heavy atom. The van der Waals surface area contributed by atoms with Crippen LogP contribution in [-0.2, 0) is 6.54 Å². The molecule has 0 saturated carbocycles. The van der Waals surface area contributed by atoms with Crippen LogP contribution in [0.15, 0.2) is 36.4 Å². The Bertz CT molecular complexity index is 785. The van der Waals surface area contributed by atoms with Gasteiger partial charge in [0.25, 0.3) is 0 Å². The Labute approximate surface area is 123 Å². The zero-order valence-electron chi connectivity index (χ0n) is 12.2. The Morgan fingerprint density at radius 2 is 2.05 bits per heavy atom. The number of benzene rings is 2. The Kier molecular flexibility index (Phi) is 3.37. The normalized spacial score (nSPS) is 11.2. The number of aryl methyl sites for hydroxylation is 2. The smallest absolute Gasteiger partial charge is 0.146 e. The van der Waals surface area contributed by atoms with Crippen LogP contribution in [0.2, 0.25) is 0 Å². The van der Waals surface area contributed by atoms with E-state index in [0.717, 1.165) is 29.6 Å². The highest BCUT2D eigenvalue weighted by atomic mass is 19.1. The second kappa shape index (κ2) is 5.20. The van der Waals surface area contributed by atoms with E-state index in [4.69, 9.17) is 5.73 Å². The molecule has 0 fully saturated rings. The Morgan fingerprint density at radius 1 is 1.24 bits per heavy atom. The second-order valence-corrected chi connectivity index (χ2v) is 5.28. The molecule has 2 N–H and O–H groups in total. The maximum Gasteiger partial charge on any atom is 0.146 e. The van der Waals surface area contributed by atoms with Gasteiger partial charge in [-0.15, -0.1) is 0 Å². The van der Waals surface area contributed by atoms with Crippen molar-refractivity contribution in [3.05, 3.63) is 47.8 Å². The lowest BCUT2D eigenvalue weighted by molar-refractivity contribution is 0.626. The molecule has 0 spiro atoms. The minimum absolute atomic E-state index is 0.334. The molecule has 3 rings (SSSR count). The lowest BCUT2D eigenvalue weighted by atomic mass is 10.1. The molecular formula is C17H18FN3. The summed E-state index contributed by atoms with van der Waals surface area (Å²) in [5.41, 5.74) is 9.81. The summed E-state index contributed by atoms with van der Waals surface area (Å²) < 4.78 is 16.3. The van der Waals surface area contributed by atoms with Crippen LogP contribution in [0.25, 0.3) is 22.4 Å². The van der Waals surface area contributed by atoms with E-state index < -0.39 is 0 Å². The molecule has 2 aromatic carbocycles. The number of halogens is 1. The number of fused-ring (bicyclic) bond motifs is 1. The number of nitrogens with zero attached hydrogens (tertiary/aromatic N) is 2. The highest BCUT2D eigenvalue weighted by Gasteiger charge is 2.17. The van der Waals surface area contributed by atoms with Crippen molar-refractivity contribution in [1.29, 1.82) is 0 Å². The molecule has 0 aliphatic rings. The second-order valence-electron chi connectivity index (χ2n) is 5.28. The van der Waals surface area contributed by atoms with Gasteiger partial charge in [-0.2, -0.15) is 0 Å². The maximum atomic E-state index is 14.2. The third-order valence-electron chi connectivity index (χ3n) is 3.62. The fourth-order valence-electron chi connectivity index (χ4n) is 2.66. The van der Waals surface area contributed by atoms with Gasteiger partial charge >= 0.3 is 0 Å². The minimum atomic E-state index is -0.334. The van der Waals surface area contributed by atoms with E-state index in [2.05, 4.69) is 11.9 Å². The van der Waals surface area contributed by atoms with E-state index in [0.29, 0.717) is 17.1 Å². The molecule has 0 unspecified atom stereocenters. The van der Waals surface area contributed by atoms with Gasteiger partial charge < -0.3 is 10.3 Å². The molecule has 108 valence electrons. The van der Waals surface area contributed by atoms with Crippen LogP contribution in [0.1, 0.15) is 18.9 Å². The summed E-state index contributed by atoms with van der Waals surface area (Å²) >= 11 is 0. The van der Waals surface area contributed by atoms with Gasteiger partial charge in [0.15, 0.2) is 0 Å². The van der Waals surface area contributed by atoms with Crippen molar-refractivity contribution in [2.24, 2.45) is 0 Å². The summed E-state index contributed by atoms with van der Waals surface area (Å²) in [5.74, 6) is 0.271. The lowest BCUT2D eigenvalue weighted by Gasteiger charge is -2.10. The number of aromatic nitrogens is 2. The summed E-state index contributed by atoms with van der Waals surface area (Å²) in [4.78, 5) is 4.63. The largest absolute Gasteiger partial charge is 0.398 e. The van der Waals surface area contributed by atoms with E-state index in [1.165, 1.54) is 6.07 Å². The van der Waals surface area contributed by atoms with E-state index in [1.54, 1.807) is 12.1 Å². The third-order valence-corrected chi connectivity index (χ3v) is 3.62. The summed E-state index contributed by atoms with van der Waals surface area (Å²) in [6.45, 7) is 4.90. The van der Waals surface area contributed by atoms with Gasteiger partial charge in [-0.25, -0.2) is 9.37 Å². The first-order chi connectivity index (χ1) is 10.1. The lowest BCUT2D eigenvalue weighted by Crippen LogP contribution is -2.03. The molecule has 0 aliphatic heterocycles. The van der Waals surface area contributed by atoms with Crippen molar-refractivity contribution < 1.29 is 4.39 Å². The summed E-state index contributed by atoms with van der Waals surface area (Å²) in [6, 6.07) is 10.8. The summed E-state index contributed by atoms with van der Waals surface area (Å²) in [5, 5.41) is 0. The van der Waals surface area contributed by atoms with Crippen LogP contribution in [0, 0.1) is 12.7 Å². The van der Waals surface area contributed by atoms with Crippen LogP contribution >= 0.6 is 0 Å². The number of anilines is 1. The predicted octanol–water partition coefficient (Wildman–Crippen LogP) is 4.14. The maximum absolute atomic E-state index is 14.2. The van der Waals surface area contributed by atoms with Crippen molar-refractivity contribution in [2.45, 2.75) is 26.8 Å². The number of imidazole rings is 1. The Balaban J connectivity index is 2.33. The monoisotopic (exact) mass is 283 g/mol. The Hall–Kier alpha value is -2.36. The van der Waals surface area contributed by atoms with Crippen molar-refractivity contribution in [3.63, 3.8) is 0 Å². The van der Waals surface area contributed by atoms with Gasteiger partial charge in [0.05, 0.1) is 16.6 Å². The molecule has 21 heavy (non-hydrogen) atoms. The van der Waals surface area contributed by atoms with Crippen LogP contribution in [0.4, 0.5) is 10.1 Å². The molecule has 0 amide bonds. The van der Waals surface area contributed by atoms with Gasteiger partial charge in [-0.3, -0.25) is 0 Å². The highest BCUT2D eigenvalue weighted by Crippen LogP contribution is 2.31. The van der Waals surface area contributed by atoms with E-state index >= 15 is 0 Å². The first-order valence-corrected chi connectivity index (χ1v) is 7.13. The molecule has 0 radical (unpaired) electrons. The molecular weight excluding hydrogens is 265 g/mol. The third kappa shape index (κ3) is 2.27. The zero-order chi connectivity index (χ0) is 15.0. The van der Waals surface area contributed by atoms with Gasteiger partial charge in [0, 0.05) is 12.2 Å². The van der Waals surface area contributed by atoms with Gasteiger partial charge in [0.1, 0.15) is 11.6 Å². The summed E-state index contributed by atoms with van der Waals surface area (Å²) in [7, 11) is 0. The van der Waals surface area contributed by atoms with Crippen LogP contribution in [-0.4, -0.2) is 9.55 Å². The van der Waals surface area contributed by atoms with Crippen molar-refractivity contribution in [2.75, 3.05) is 5.73 Å². The molecule has 1 heterocycles. The minimum Gasteiger partial charge on any atom is -0.398 e. The van der Waals surface area contributed by atoms with Gasteiger partial charge in [0.2, 0.25) is 0 Å². The predicted molar refractivity (Wildman–Crippen MR) is 84.6 cm³/mol. The highest BCUT2D eigenvalue weighted by molar-refractivity contribution is 5.84. The molecule has 0 bridgehead atoms. The molecule has 0 aliphatic carbocycles. The van der Waals surface area contributed by atoms with Crippen LogP contribution in [0.3, 0.4) is 0 Å². The van der Waals surface area contributed by atoms with Crippen molar-refractivity contribution in [1.82, 2.24) is 9.55 Å². The van der Waals surface area contributed by atoms with E-state index in [-0.39, 0.29) is 5.82 Å². The van der Waals surface area contributed by atoms with Crippen molar-refractivity contribution >= 4 is 16.7 Å². The number of rotatable bonds is 3. The van der Waals surface area contributed by atoms with E-state index in [9.17, 15) is 4.39 Å². The SMILES string of the molecule is CCCn1c(-c2c(N)cccc2F)nc2cc(C)ccc21. The molecule has 3 nitrogen and oxygen atoms in total. The van der Waals surface area contributed by atoms with Gasteiger partial charge in [-0.05, 0) is 43.2 Å². The standard InChI is InChI=1S/C17H18FN3/c1-3-9-21-15-8-7-11(2)10-14(15)20-17(21)16-12(18)5-4-6-13(16)19/h4-8,10H,3,9,19H2,1-2H3. The average Bonchev–Trinajstić information content (AvgIpc) is 2.77. The van der Waals surface area contributed by atoms with E-state index in [1.807, 2.05) is 29.7 Å². The number of hydrogen-bond acceptors (Lipinski definition) is 2. The van der Waals surface area contributed by atoms with Crippen molar-refractivity contribution in [3.8, 4) is 11.4 Å².